The van der Waals surface area contributed by atoms with Crippen molar-refractivity contribution in [1.29, 1.82) is 0 Å². The van der Waals surface area contributed by atoms with Crippen molar-refractivity contribution in [2.24, 2.45) is 0 Å². The number of hydrogen-bond donors (Lipinski definition) is 0. The lowest BCUT2D eigenvalue weighted by Gasteiger charge is -2.03. The van der Waals surface area contributed by atoms with E-state index in [2.05, 4.69) is 32.8 Å². The van der Waals surface area contributed by atoms with Gasteiger partial charge in [-0.3, -0.25) is 28.8 Å². The SMILES string of the molecule is C.C.C.C.C.C.C.CCC(=O)c1ccccc1.CCCCC.CCOC(=O)CC(=O)CC(=O)CC(=O)OC(=O)c1ccccc1.COC.COC(C)=O. The van der Waals surface area contributed by atoms with Gasteiger partial charge in [-0.05, 0) is 19.1 Å². The highest BCUT2D eigenvalue weighted by molar-refractivity contribution is 6.10. The summed E-state index contributed by atoms with van der Waals surface area (Å²) in [7, 11) is 4.60. The zero-order valence-electron chi connectivity index (χ0n) is 28.4. The molecule has 2 aromatic carbocycles. The average Bonchev–Trinajstić information content (AvgIpc) is 3.03. The van der Waals surface area contributed by atoms with Crippen molar-refractivity contribution in [3.8, 4) is 0 Å². The summed E-state index contributed by atoms with van der Waals surface area (Å²) in [6.07, 6.45) is 2.83. The molecule has 0 saturated carbocycles. The zero-order valence-corrected chi connectivity index (χ0v) is 28.4. The van der Waals surface area contributed by atoms with E-state index in [0.717, 1.165) is 5.56 Å². The van der Waals surface area contributed by atoms with Gasteiger partial charge < -0.3 is 18.9 Å². The third kappa shape index (κ3) is 49.6. The van der Waals surface area contributed by atoms with Crippen molar-refractivity contribution in [3.63, 3.8) is 0 Å². The Morgan fingerprint density at radius 3 is 1.21 bits per heavy atom. The molecular weight excluding hydrogens is 680 g/mol. The molecule has 2 aromatic rings. The van der Waals surface area contributed by atoms with Crippen LogP contribution in [-0.2, 0) is 42.9 Å². The summed E-state index contributed by atoms with van der Waals surface area (Å²) >= 11 is 0. The Morgan fingerprint density at radius 2 is 0.906 bits per heavy atom. The predicted molar refractivity (Wildman–Crippen MR) is 221 cm³/mol. The van der Waals surface area contributed by atoms with Crippen LogP contribution >= 0.6 is 0 Å². The summed E-state index contributed by atoms with van der Waals surface area (Å²) in [6.45, 7) is 9.38. The molecule has 0 aliphatic heterocycles. The minimum atomic E-state index is -1.05. The lowest BCUT2D eigenvalue weighted by molar-refractivity contribution is -0.145. The molecule has 0 amide bonds. The van der Waals surface area contributed by atoms with Crippen LogP contribution in [0.1, 0.15) is 152 Å². The number of carbonyl (C=O) groups is 7. The molecule has 0 fully saturated rings. The summed E-state index contributed by atoms with van der Waals surface area (Å²) in [5.41, 5.74) is 0.983. The molecule has 0 bridgehead atoms. The molecule has 0 saturated heterocycles. The number of benzene rings is 2. The van der Waals surface area contributed by atoms with Crippen LogP contribution in [0.2, 0.25) is 0 Å². The lowest BCUT2D eigenvalue weighted by atomic mass is 10.1. The van der Waals surface area contributed by atoms with Gasteiger partial charge in [-0.1, -0.05) is 141 Å². The van der Waals surface area contributed by atoms with E-state index in [4.69, 9.17) is 0 Å². The van der Waals surface area contributed by atoms with E-state index < -0.39 is 48.7 Å². The molecule has 0 radical (unpaired) electrons. The highest BCUT2D eigenvalue weighted by atomic mass is 16.6. The van der Waals surface area contributed by atoms with E-state index in [-0.39, 0.29) is 75.9 Å². The van der Waals surface area contributed by atoms with Gasteiger partial charge in [0.15, 0.2) is 17.3 Å². The summed E-state index contributed by atoms with van der Waals surface area (Å²) in [6, 6.07) is 17.1. The Morgan fingerprint density at radius 1 is 0.547 bits per heavy atom. The highest BCUT2D eigenvalue weighted by Crippen LogP contribution is 2.04. The van der Waals surface area contributed by atoms with Gasteiger partial charge in [-0.2, -0.15) is 0 Å². The molecule has 11 nitrogen and oxygen atoms in total. The fourth-order valence-corrected chi connectivity index (χ4v) is 2.83. The number of Topliss-reactive ketones (excluding diaryl/α,β-unsaturated/α-hetero) is 3. The minimum Gasteiger partial charge on any atom is -0.469 e. The van der Waals surface area contributed by atoms with Gasteiger partial charge in [0.25, 0.3) is 0 Å². The second kappa shape index (κ2) is 51.9. The summed E-state index contributed by atoms with van der Waals surface area (Å²) < 4.78 is 17.4. The number of unbranched alkanes of at least 4 members (excludes halogenated alkanes) is 2. The number of carbonyl (C=O) groups excluding carboxylic acids is 7. The van der Waals surface area contributed by atoms with E-state index in [0.29, 0.717) is 6.42 Å². The fourth-order valence-electron chi connectivity index (χ4n) is 2.83. The number of rotatable bonds is 12. The van der Waals surface area contributed by atoms with Gasteiger partial charge in [0.05, 0.1) is 25.7 Å². The van der Waals surface area contributed by atoms with Crippen molar-refractivity contribution in [1.82, 2.24) is 0 Å². The molecule has 0 aliphatic rings. The Kier molecular flexibility index (Phi) is 72.2. The zero-order chi connectivity index (χ0) is 35.8. The molecule has 0 heterocycles. The normalized spacial score (nSPS) is 7.77. The molecule has 0 aromatic heterocycles. The second-order valence-corrected chi connectivity index (χ2v) is 9.14. The fraction of sp³-hybridized carbons (Fsp3) is 0.548. The van der Waals surface area contributed by atoms with E-state index in [9.17, 15) is 33.6 Å². The van der Waals surface area contributed by atoms with Gasteiger partial charge in [0.2, 0.25) is 0 Å². The number of esters is 4. The number of ketones is 3. The standard InChI is InChI=1S/C16H16O7.C9H10O.C5H12.C3H6O2.C2H6O.7CH4/c1-2-22-14(19)9-12(17)8-13(18)10-15(20)23-16(21)11-6-4-3-5-7-11;1-2-9(10)8-6-4-3-5-7-8;1-3-5-4-2;1-3(4)5-2;1-3-2;;;;;;;/h3-7H,2,8-10H2,1H3;3-7H,2H2,1H3;3-5H2,1-2H3;1-2H3;1-2H3;7*1H4. The molecule has 0 spiro atoms. The molecule has 312 valence electrons. The predicted octanol–water partition coefficient (Wildman–Crippen LogP) is 10.6. The summed E-state index contributed by atoms with van der Waals surface area (Å²) in [4.78, 5) is 77.7. The van der Waals surface area contributed by atoms with Crippen molar-refractivity contribution in [3.05, 3.63) is 71.8 Å². The lowest BCUT2D eigenvalue weighted by Crippen LogP contribution is -2.19. The van der Waals surface area contributed by atoms with Crippen LogP contribution in [0.3, 0.4) is 0 Å². The monoisotopic (exact) mass is 759 g/mol. The first-order chi connectivity index (χ1) is 21.9. The van der Waals surface area contributed by atoms with Gasteiger partial charge in [0, 0.05) is 33.1 Å². The maximum atomic E-state index is 11.6. The van der Waals surface area contributed by atoms with Crippen LogP contribution in [-0.4, -0.2) is 69.2 Å². The maximum Gasteiger partial charge on any atom is 0.345 e. The van der Waals surface area contributed by atoms with Crippen LogP contribution in [0.4, 0.5) is 0 Å². The van der Waals surface area contributed by atoms with Gasteiger partial charge in [-0.15, -0.1) is 0 Å². The number of hydrogen-bond acceptors (Lipinski definition) is 11. The number of methoxy groups -OCH3 is 2. The third-order valence-electron chi connectivity index (χ3n) is 5.01. The smallest absolute Gasteiger partial charge is 0.345 e. The molecule has 0 aliphatic carbocycles. The number of ether oxygens (including phenoxy) is 4. The first kappa shape index (κ1) is 73.8. The van der Waals surface area contributed by atoms with Gasteiger partial charge in [-0.25, -0.2) is 4.79 Å². The van der Waals surface area contributed by atoms with Gasteiger partial charge >= 0.3 is 23.9 Å². The summed E-state index contributed by atoms with van der Waals surface area (Å²) in [5, 5.41) is 0. The first-order valence-corrected chi connectivity index (χ1v) is 14.9. The van der Waals surface area contributed by atoms with Crippen molar-refractivity contribution >= 4 is 41.2 Å². The van der Waals surface area contributed by atoms with Crippen LogP contribution in [0.5, 0.6) is 0 Å². The third-order valence-corrected chi connectivity index (χ3v) is 5.01. The van der Waals surface area contributed by atoms with Gasteiger partial charge in [0.1, 0.15) is 12.8 Å². The van der Waals surface area contributed by atoms with Crippen LogP contribution < -0.4 is 0 Å². The van der Waals surface area contributed by atoms with Crippen molar-refractivity contribution in [2.45, 2.75) is 132 Å². The Balaban J connectivity index is -0.0000000648. The van der Waals surface area contributed by atoms with E-state index in [1.807, 2.05) is 37.3 Å². The van der Waals surface area contributed by atoms with E-state index >= 15 is 0 Å². The molecule has 11 heteroatoms. The van der Waals surface area contributed by atoms with Crippen LogP contribution in [0.25, 0.3) is 0 Å². The molecule has 0 N–H and O–H groups in total. The second-order valence-electron chi connectivity index (χ2n) is 9.14. The van der Waals surface area contributed by atoms with Crippen LogP contribution in [0.15, 0.2) is 60.7 Å². The molecular formula is C42H78O11. The molecule has 0 unspecified atom stereocenters. The first-order valence-electron chi connectivity index (χ1n) is 14.9. The average molecular weight is 759 g/mol. The molecule has 53 heavy (non-hydrogen) atoms. The van der Waals surface area contributed by atoms with Crippen LogP contribution in [0, 0.1) is 0 Å². The largest absolute Gasteiger partial charge is 0.469 e. The molecule has 2 rings (SSSR count). The topological polar surface area (TPSA) is 156 Å². The maximum absolute atomic E-state index is 11.6. The molecule has 0 atom stereocenters. The quantitative estimate of drug-likeness (QED) is 0.0878. The Hall–Kier alpha value is -4.51. The summed E-state index contributed by atoms with van der Waals surface area (Å²) in [5.74, 6) is -4.08. The minimum absolute atomic E-state index is 0. The van der Waals surface area contributed by atoms with E-state index in [1.165, 1.54) is 45.4 Å². The van der Waals surface area contributed by atoms with Crippen molar-refractivity contribution in [2.75, 3.05) is 27.9 Å². The van der Waals surface area contributed by atoms with Crippen molar-refractivity contribution < 1.29 is 52.5 Å². The Labute approximate surface area is 324 Å². The highest BCUT2D eigenvalue weighted by Gasteiger charge is 2.20. The van der Waals surface area contributed by atoms with E-state index in [1.54, 1.807) is 39.3 Å². The Bertz CT molecular complexity index is 1140.